The molecule has 2 rings (SSSR count). The molecule has 0 saturated carbocycles. The van der Waals surface area contributed by atoms with Gasteiger partial charge in [-0.05, 0) is 29.8 Å². The fourth-order valence-electron chi connectivity index (χ4n) is 2.21. The molecule has 0 aromatic heterocycles. The van der Waals surface area contributed by atoms with Crippen molar-refractivity contribution in [3.63, 3.8) is 0 Å². The van der Waals surface area contributed by atoms with Crippen molar-refractivity contribution in [3.8, 4) is 23.3 Å². The van der Waals surface area contributed by atoms with Crippen LogP contribution >= 0.6 is 0 Å². The molecule has 0 atom stereocenters. The summed E-state index contributed by atoms with van der Waals surface area (Å²) in [4.78, 5) is 12.4. The van der Waals surface area contributed by atoms with E-state index in [9.17, 15) is 4.79 Å². The van der Waals surface area contributed by atoms with Gasteiger partial charge in [-0.25, -0.2) is 0 Å². The lowest BCUT2D eigenvalue weighted by atomic mass is 10.1. The average Bonchev–Trinajstić information content (AvgIpc) is 2.62. The monoisotopic (exact) mass is 326 g/mol. The van der Waals surface area contributed by atoms with E-state index >= 15 is 0 Å². The fraction of sp³-hybridized carbons (Fsp3) is 0.222. The Hall–Kier alpha value is -3.20. The van der Waals surface area contributed by atoms with Gasteiger partial charge in [0, 0.05) is 11.3 Å². The molecule has 0 aliphatic carbocycles. The van der Waals surface area contributed by atoms with Gasteiger partial charge in [-0.3, -0.25) is 4.79 Å². The van der Waals surface area contributed by atoms with Gasteiger partial charge >= 0.3 is 0 Å². The number of carbonyl (C=O) groups is 1. The molecule has 1 N–H and O–H groups in total. The maximum atomic E-state index is 12.4. The van der Waals surface area contributed by atoms with Crippen molar-refractivity contribution in [1.29, 1.82) is 5.26 Å². The van der Waals surface area contributed by atoms with E-state index in [2.05, 4.69) is 11.4 Å². The van der Waals surface area contributed by atoms with Crippen LogP contribution < -0.4 is 19.5 Å². The molecule has 0 heterocycles. The molecule has 0 fully saturated rings. The summed E-state index contributed by atoms with van der Waals surface area (Å²) in [6.07, 6.45) is 0.334. The fourth-order valence-corrected chi connectivity index (χ4v) is 2.21. The van der Waals surface area contributed by atoms with Gasteiger partial charge in [-0.1, -0.05) is 12.1 Å². The molecule has 0 saturated heterocycles. The zero-order valence-electron chi connectivity index (χ0n) is 13.8. The highest BCUT2D eigenvalue weighted by Gasteiger charge is 2.17. The van der Waals surface area contributed by atoms with Crippen LogP contribution in [-0.2, 0) is 6.42 Å². The first-order chi connectivity index (χ1) is 11.6. The van der Waals surface area contributed by atoms with Crippen LogP contribution in [0.2, 0.25) is 0 Å². The van der Waals surface area contributed by atoms with Crippen LogP contribution in [0.1, 0.15) is 15.9 Å². The summed E-state index contributed by atoms with van der Waals surface area (Å²) in [6.45, 7) is 0. The van der Waals surface area contributed by atoms with Crippen LogP contribution in [0.25, 0.3) is 0 Å². The topological polar surface area (TPSA) is 80.6 Å². The molecule has 0 aliphatic heterocycles. The Bertz CT molecular complexity index is 739. The van der Waals surface area contributed by atoms with E-state index in [1.807, 2.05) is 0 Å². The van der Waals surface area contributed by atoms with Gasteiger partial charge in [0.15, 0.2) is 11.5 Å². The molecule has 0 unspecified atom stereocenters. The minimum Gasteiger partial charge on any atom is -0.493 e. The van der Waals surface area contributed by atoms with E-state index < -0.39 is 0 Å². The van der Waals surface area contributed by atoms with E-state index in [0.717, 1.165) is 5.56 Å². The molecule has 0 aliphatic rings. The second-order valence-corrected chi connectivity index (χ2v) is 4.90. The summed E-state index contributed by atoms with van der Waals surface area (Å²) in [5, 5.41) is 11.5. The van der Waals surface area contributed by atoms with Crippen LogP contribution in [0, 0.1) is 11.3 Å². The zero-order chi connectivity index (χ0) is 17.5. The lowest BCUT2D eigenvalue weighted by molar-refractivity contribution is 0.102. The van der Waals surface area contributed by atoms with Gasteiger partial charge < -0.3 is 19.5 Å². The quantitative estimate of drug-likeness (QED) is 0.882. The van der Waals surface area contributed by atoms with Crippen molar-refractivity contribution in [2.24, 2.45) is 0 Å². The Kier molecular flexibility index (Phi) is 5.63. The first-order valence-electron chi connectivity index (χ1n) is 7.20. The number of anilines is 1. The first-order valence-corrected chi connectivity index (χ1v) is 7.20. The van der Waals surface area contributed by atoms with Gasteiger partial charge in [0.05, 0.1) is 33.8 Å². The number of amides is 1. The van der Waals surface area contributed by atoms with Crippen LogP contribution in [-0.4, -0.2) is 27.2 Å². The average molecular weight is 326 g/mol. The molecule has 6 heteroatoms. The van der Waals surface area contributed by atoms with E-state index in [4.69, 9.17) is 19.5 Å². The second kappa shape index (κ2) is 7.88. The summed E-state index contributed by atoms with van der Waals surface area (Å²) < 4.78 is 15.7. The third-order valence-electron chi connectivity index (χ3n) is 3.42. The number of rotatable bonds is 6. The predicted octanol–water partition coefficient (Wildman–Crippen LogP) is 3.03. The number of nitriles is 1. The lowest BCUT2D eigenvalue weighted by Crippen LogP contribution is -2.12. The number of benzene rings is 2. The Balaban J connectivity index is 2.24. The minimum atomic E-state index is -0.303. The van der Waals surface area contributed by atoms with Crippen molar-refractivity contribution >= 4 is 11.6 Å². The third kappa shape index (κ3) is 3.76. The third-order valence-corrected chi connectivity index (χ3v) is 3.42. The summed E-state index contributed by atoms with van der Waals surface area (Å²) >= 11 is 0. The number of hydrogen-bond acceptors (Lipinski definition) is 5. The molecule has 0 spiro atoms. The summed E-state index contributed by atoms with van der Waals surface area (Å²) in [5.74, 6) is 0.942. The zero-order valence-corrected chi connectivity index (χ0v) is 13.8. The first kappa shape index (κ1) is 17.2. The Morgan fingerprint density at radius 1 is 1.04 bits per heavy atom. The normalized spacial score (nSPS) is 9.75. The second-order valence-electron chi connectivity index (χ2n) is 4.90. The minimum absolute atomic E-state index is 0.303. The maximum absolute atomic E-state index is 12.4. The van der Waals surface area contributed by atoms with Gasteiger partial charge in [0.2, 0.25) is 5.75 Å². The summed E-state index contributed by atoms with van der Waals surface area (Å²) in [5.41, 5.74) is 1.91. The van der Waals surface area contributed by atoms with Gasteiger partial charge in [0.25, 0.3) is 5.91 Å². The van der Waals surface area contributed by atoms with Crippen LogP contribution in [0.4, 0.5) is 5.69 Å². The number of ether oxygens (including phenoxy) is 3. The Morgan fingerprint density at radius 2 is 1.62 bits per heavy atom. The number of nitrogens with one attached hydrogen (secondary N) is 1. The highest BCUT2D eigenvalue weighted by molar-refractivity contribution is 6.05. The number of hydrogen-bond donors (Lipinski definition) is 1. The molecular weight excluding hydrogens is 308 g/mol. The smallest absolute Gasteiger partial charge is 0.255 e. The molecule has 2 aromatic carbocycles. The van der Waals surface area contributed by atoms with Crippen molar-refractivity contribution in [2.75, 3.05) is 26.6 Å². The number of carbonyl (C=O) groups excluding carboxylic acids is 1. The van der Waals surface area contributed by atoms with Crippen molar-refractivity contribution in [1.82, 2.24) is 0 Å². The Morgan fingerprint density at radius 3 is 2.08 bits per heavy atom. The maximum Gasteiger partial charge on any atom is 0.255 e. The standard InChI is InChI=1S/C18H18N2O4/c1-22-15-10-13(11-16(23-2)17(15)24-3)18(21)20-14-6-4-12(5-7-14)8-9-19/h4-7,10-11H,8H2,1-3H3,(H,20,21). The number of methoxy groups -OCH3 is 3. The molecule has 2 aromatic rings. The molecule has 0 radical (unpaired) electrons. The van der Waals surface area contributed by atoms with Crippen LogP contribution in [0.5, 0.6) is 17.2 Å². The molecule has 24 heavy (non-hydrogen) atoms. The van der Waals surface area contributed by atoms with E-state index in [0.29, 0.717) is 34.9 Å². The molecule has 6 nitrogen and oxygen atoms in total. The van der Waals surface area contributed by atoms with Gasteiger partial charge in [0.1, 0.15) is 0 Å². The SMILES string of the molecule is COc1cc(C(=O)Nc2ccc(CC#N)cc2)cc(OC)c1OC. The van der Waals surface area contributed by atoms with E-state index in [1.165, 1.54) is 21.3 Å². The molecule has 124 valence electrons. The number of nitrogens with zero attached hydrogens (tertiary/aromatic N) is 1. The van der Waals surface area contributed by atoms with Crippen molar-refractivity contribution in [2.45, 2.75) is 6.42 Å². The molecule has 1 amide bonds. The molecular formula is C18H18N2O4. The highest BCUT2D eigenvalue weighted by atomic mass is 16.5. The Labute approximate surface area is 140 Å². The highest BCUT2D eigenvalue weighted by Crippen LogP contribution is 2.38. The van der Waals surface area contributed by atoms with Gasteiger partial charge in [-0.15, -0.1) is 0 Å². The molecule has 0 bridgehead atoms. The largest absolute Gasteiger partial charge is 0.493 e. The lowest BCUT2D eigenvalue weighted by Gasteiger charge is -2.14. The summed E-state index contributed by atoms with van der Waals surface area (Å²) in [7, 11) is 4.49. The van der Waals surface area contributed by atoms with Gasteiger partial charge in [-0.2, -0.15) is 5.26 Å². The van der Waals surface area contributed by atoms with Crippen molar-refractivity contribution in [3.05, 3.63) is 47.5 Å². The van der Waals surface area contributed by atoms with Crippen molar-refractivity contribution < 1.29 is 19.0 Å². The summed E-state index contributed by atoms with van der Waals surface area (Å²) in [6, 6.07) is 12.4. The van der Waals surface area contributed by atoms with E-state index in [1.54, 1.807) is 36.4 Å². The predicted molar refractivity (Wildman–Crippen MR) is 89.8 cm³/mol. The van der Waals surface area contributed by atoms with Crippen LogP contribution in [0.3, 0.4) is 0 Å². The van der Waals surface area contributed by atoms with Crippen LogP contribution in [0.15, 0.2) is 36.4 Å². The van der Waals surface area contributed by atoms with E-state index in [-0.39, 0.29) is 5.91 Å².